The molecule has 0 saturated heterocycles. The van der Waals surface area contributed by atoms with E-state index in [-0.39, 0.29) is 31.9 Å². The largest absolute Gasteiger partial charge is 1.00 e. The molecule has 2 nitrogen and oxygen atoms in total. The van der Waals surface area contributed by atoms with Crippen molar-refractivity contribution < 1.29 is 36.6 Å². The van der Waals surface area contributed by atoms with Crippen molar-refractivity contribution in [3.05, 3.63) is 58.9 Å². The molecular formula is C14H14ClNOZn-. The number of halogens is 1. The molecule has 1 heterocycles. The Kier molecular flexibility index (Phi) is 7.35. The third-order valence-corrected chi connectivity index (χ3v) is 2.65. The summed E-state index contributed by atoms with van der Waals surface area (Å²) in [6.45, 7) is 4.18. The van der Waals surface area contributed by atoms with Crippen LogP contribution in [0.5, 0.6) is 0 Å². The van der Waals surface area contributed by atoms with E-state index in [4.69, 9.17) is 4.74 Å². The van der Waals surface area contributed by atoms with Crippen LogP contribution in [0.3, 0.4) is 0 Å². The molecule has 0 amide bonds. The molecule has 0 bridgehead atoms. The van der Waals surface area contributed by atoms with Crippen molar-refractivity contribution in [1.82, 2.24) is 0 Å². The quantitative estimate of drug-likeness (QED) is 0.630. The summed E-state index contributed by atoms with van der Waals surface area (Å²) in [5, 5.41) is 0. The molecule has 0 aromatic rings. The first-order chi connectivity index (χ1) is 7.72. The number of rotatable bonds is 1. The molecule has 0 N–H and O–H groups in total. The summed E-state index contributed by atoms with van der Waals surface area (Å²) in [6.07, 6.45) is 10.7. The molecule has 0 unspecified atom stereocenters. The molecule has 1 aliphatic carbocycles. The van der Waals surface area contributed by atoms with Crippen LogP contribution >= 0.6 is 0 Å². The Balaban J connectivity index is 0.00000144. The molecule has 1 aliphatic heterocycles. The summed E-state index contributed by atoms with van der Waals surface area (Å²) in [6, 6.07) is 0. The second-order valence-electron chi connectivity index (χ2n) is 3.81. The monoisotopic (exact) mass is 311 g/mol. The van der Waals surface area contributed by atoms with Gasteiger partial charge in [0.25, 0.3) is 0 Å². The van der Waals surface area contributed by atoms with E-state index >= 15 is 0 Å². The van der Waals surface area contributed by atoms with Crippen molar-refractivity contribution in [1.29, 1.82) is 0 Å². The van der Waals surface area contributed by atoms with Crippen LogP contribution in [-0.4, -0.2) is 13.0 Å². The topological polar surface area (TPSA) is 21.6 Å². The van der Waals surface area contributed by atoms with Gasteiger partial charge in [-0.3, -0.25) is 0 Å². The second kappa shape index (κ2) is 7.66. The Morgan fingerprint density at radius 1 is 1.17 bits per heavy atom. The molecule has 0 aromatic heterocycles. The predicted octanol–water partition coefficient (Wildman–Crippen LogP) is 0.122. The second-order valence-corrected chi connectivity index (χ2v) is 3.81. The molecule has 2 aliphatic rings. The van der Waals surface area contributed by atoms with Gasteiger partial charge in [-0.05, 0) is 60.2 Å². The fraction of sp³-hybridized carbons (Fsp3) is 0.214. The van der Waals surface area contributed by atoms with Crippen molar-refractivity contribution in [2.45, 2.75) is 13.8 Å². The van der Waals surface area contributed by atoms with Gasteiger partial charge in [-0.1, -0.05) is 0 Å². The van der Waals surface area contributed by atoms with E-state index in [1.54, 1.807) is 13.3 Å². The summed E-state index contributed by atoms with van der Waals surface area (Å²) in [4.78, 5) is 3.91. The summed E-state index contributed by atoms with van der Waals surface area (Å²) < 4.78 is 5.25. The van der Waals surface area contributed by atoms with Crippen LogP contribution in [0.15, 0.2) is 57.8 Å². The van der Waals surface area contributed by atoms with Crippen LogP contribution in [0.25, 0.3) is 0 Å². The maximum atomic E-state index is 5.25. The average Bonchev–Trinajstić information content (AvgIpc) is 2.29. The van der Waals surface area contributed by atoms with Gasteiger partial charge in [0, 0.05) is 38.9 Å². The zero-order valence-electron chi connectivity index (χ0n) is 10.8. The fourth-order valence-corrected chi connectivity index (χ4v) is 1.97. The molecule has 91 valence electrons. The van der Waals surface area contributed by atoms with Gasteiger partial charge >= 0.3 is 0 Å². The molecule has 18 heavy (non-hydrogen) atoms. The minimum Gasteiger partial charge on any atom is -1.00 e. The number of ether oxygens (including phenoxy) is 1. The SMILES string of the molecule is CO[C]1C=C(C)C(=C2C=C=NC=C2)C(C)=C1.[Cl-].[Zn]. The number of hydrogen-bond acceptors (Lipinski definition) is 2. The summed E-state index contributed by atoms with van der Waals surface area (Å²) in [7, 11) is 1.69. The molecule has 0 atom stereocenters. The van der Waals surface area contributed by atoms with Crippen molar-refractivity contribution >= 4 is 5.87 Å². The Bertz CT molecular complexity index is 472. The Morgan fingerprint density at radius 2 is 1.78 bits per heavy atom. The van der Waals surface area contributed by atoms with E-state index in [0.717, 1.165) is 11.7 Å². The Labute approximate surface area is 127 Å². The van der Waals surface area contributed by atoms with E-state index in [2.05, 4.69) is 24.7 Å². The summed E-state index contributed by atoms with van der Waals surface area (Å²) in [5.41, 5.74) is 4.79. The normalized spacial score (nSPS) is 17.9. The van der Waals surface area contributed by atoms with Crippen molar-refractivity contribution in [2.75, 3.05) is 7.11 Å². The first-order valence-corrected chi connectivity index (χ1v) is 5.20. The summed E-state index contributed by atoms with van der Waals surface area (Å²) in [5.74, 6) is 2.86. The van der Waals surface area contributed by atoms with Gasteiger partial charge in [-0.15, -0.1) is 0 Å². The molecule has 0 aromatic carbocycles. The first-order valence-electron chi connectivity index (χ1n) is 5.20. The molecule has 0 spiro atoms. The van der Waals surface area contributed by atoms with Gasteiger partial charge in [0.2, 0.25) is 0 Å². The number of hydrogen-bond donors (Lipinski definition) is 0. The van der Waals surface area contributed by atoms with Gasteiger partial charge in [0.15, 0.2) is 0 Å². The number of aliphatic imine (C=N–C) groups is 1. The van der Waals surface area contributed by atoms with Crippen LogP contribution < -0.4 is 12.4 Å². The van der Waals surface area contributed by atoms with Crippen LogP contribution in [0.4, 0.5) is 0 Å². The Hall–Kier alpha value is -0.717. The van der Waals surface area contributed by atoms with Crippen LogP contribution in [0.1, 0.15) is 13.8 Å². The van der Waals surface area contributed by atoms with Gasteiger partial charge < -0.3 is 17.1 Å². The first kappa shape index (κ1) is 17.3. The van der Waals surface area contributed by atoms with Crippen LogP contribution in [0.2, 0.25) is 0 Å². The van der Waals surface area contributed by atoms with Crippen molar-refractivity contribution in [3.8, 4) is 0 Å². The predicted molar refractivity (Wildman–Crippen MR) is 65.9 cm³/mol. The maximum absolute atomic E-state index is 5.25. The third kappa shape index (κ3) is 3.64. The van der Waals surface area contributed by atoms with Crippen LogP contribution in [-0.2, 0) is 24.2 Å². The zero-order valence-corrected chi connectivity index (χ0v) is 14.6. The van der Waals surface area contributed by atoms with Crippen LogP contribution in [0, 0.1) is 6.10 Å². The summed E-state index contributed by atoms with van der Waals surface area (Å²) >= 11 is 0. The van der Waals surface area contributed by atoms with Gasteiger partial charge in [-0.25, -0.2) is 4.99 Å². The number of methoxy groups -OCH3 is 1. The van der Waals surface area contributed by atoms with E-state index in [9.17, 15) is 0 Å². The van der Waals surface area contributed by atoms with E-state index in [1.165, 1.54) is 16.7 Å². The van der Waals surface area contributed by atoms with Gasteiger partial charge in [-0.2, -0.15) is 0 Å². The van der Waals surface area contributed by atoms with E-state index in [0.29, 0.717) is 0 Å². The minimum atomic E-state index is 0. The standard InChI is InChI=1S/C14H14NO.ClH.Zn/c1-10-8-13(16-3)9-11(2)14(10)12-4-6-15-7-5-12;;/h4-6,8-9H,1-3H3;1H;/p-1. The molecule has 2 rings (SSSR count). The minimum absolute atomic E-state index is 0. The number of allylic oxidation sites excluding steroid dienone is 6. The van der Waals surface area contributed by atoms with Crippen molar-refractivity contribution in [2.24, 2.45) is 4.99 Å². The zero-order chi connectivity index (χ0) is 11.5. The molecule has 0 fully saturated rings. The maximum Gasteiger partial charge on any atom is 0.141 e. The molecular weight excluding hydrogens is 299 g/mol. The average molecular weight is 313 g/mol. The van der Waals surface area contributed by atoms with E-state index in [1.807, 2.05) is 24.3 Å². The smallest absolute Gasteiger partial charge is 0.141 e. The molecule has 1 radical (unpaired) electrons. The molecule has 4 heteroatoms. The third-order valence-electron chi connectivity index (χ3n) is 2.65. The fourth-order valence-electron chi connectivity index (χ4n) is 1.97. The van der Waals surface area contributed by atoms with Crippen molar-refractivity contribution in [3.63, 3.8) is 0 Å². The number of nitrogens with zero attached hydrogens (tertiary/aromatic N) is 1. The Morgan fingerprint density at radius 3 is 2.22 bits per heavy atom. The van der Waals surface area contributed by atoms with Gasteiger partial charge in [0.05, 0.1) is 0 Å². The van der Waals surface area contributed by atoms with Gasteiger partial charge in [0.1, 0.15) is 6.10 Å². The molecule has 0 saturated carbocycles. The van der Waals surface area contributed by atoms with E-state index < -0.39 is 0 Å².